The monoisotopic (exact) mass is 195 g/mol. The van der Waals surface area contributed by atoms with Crippen LogP contribution < -0.4 is 4.90 Å². The lowest BCUT2D eigenvalue weighted by molar-refractivity contribution is 0.301. The molecule has 0 atom stereocenters. The van der Waals surface area contributed by atoms with Crippen molar-refractivity contribution in [3.8, 4) is 0 Å². The van der Waals surface area contributed by atoms with E-state index in [-0.39, 0.29) is 6.61 Å². The van der Waals surface area contributed by atoms with Gasteiger partial charge in [-0.15, -0.1) is 5.10 Å². The van der Waals surface area contributed by atoms with Crippen molar-refractivity contribution in [3.63, 3.8) is 0 Å². The van der Waals surface area contributed by atoms with Gasteiger partial charge in [0.2, 0.25) is 0 Å². The summed E-state index contributed by atoms with van der Waals surface area (Å²) in [5.41, 5.74) is 0.911. The Labute approximate surface area is 84.6 Å². The minimum atomic E-state index is 0.148. The third-order valence-electron chi connectivity index (χ3n) is 1.97. The van der Waals surface area contributed by atoms with Crippen molar-refractivity contribution in [2.24, 2.45) is 0 Å². The van der Waals surface area contributed by atoms with Crippen LogP contribution in [-0.2, 0) is 0 Å². The van der Waals surface area contributed by atoms with E-state index in [0.29, 0.717) is 6.54 Å². The van der Waals surface area contributed by atoms with E-state index < -0.39 is 0 Å². The molecule has 0 aliphatic rings. The fourth-order valence-corrected chi connectivity index (χ4v) is 1.29. The average Bonchev–Trinajstić information content (AvgIpc) is 2.19. The molecule has 1 heterocycles. The van der Waals surface area contributed by atoms with Crippen LogP contribution in [-0.4, -0.2) is 35.0 Å². The summed E-state index contributed by atoms with van der Waals surface area (Å²) >= 11 is 0. The number of aryl methyl sites for hydroxylation is 1. The van der Waals surface area contributed by atoms with Crippen LogP contribution in [0.5, 0.6) is 0 Å². The van der Waals surface area contributed by atoms with E-state index in [4.69, 9.17) is 5.11 Å². The highest BCUT2D eigenvalue weighted by atomic mass is 16.3. The fraction of sp³-hybridized carbons (Fsp3) is 0.600. The molecule has 1 aromatic rings. The van der Waals surface area contributed by atoms with Gasteiger partial charge >= 0.3 is 0 Å². The smallest absolute Gasteiger partial charge is 0.151 e. The van der Waals surface area contributed by atoms with E-state index in [0.717, 1.165) is 24.5 Å². The Morgan fingerprint density at radius 3 is 2.57 bits per heavy atom. The van der Waals surface area contributed by atoms with Gasteiger partial charge in [0.1, 0.15) is 0 Å². The van der Waals surface area contributed by atoms with Crippen LogP contribution in [0.4, 0.5) is 5.82 Å². The Bertz CT molecular complexity index is 255. The molecular formula is C10H17N3O. The zero-order valence-corrected chi connectivity index (χ0v) is 8.77. The number of aliphatic hydroxyl groups is 1. The van der Waals surface area contributed by atoms with Crippen molar-refractivity contribution in [2.45, 2.75) is 20.3 Å². The molecule has 1 rings (SSSR count). The highest BCUT2D eigenvalue weighted by Crippen LogP contribution is 2.09. The summed E-state index contributed by atoms with van der Waals surface area (Å²) in [5.74, 6) is 0.839. The Morgan fingerprint density at radius 2 is 2.07 bits per heavy atom. The summed E-state index contributed by atoms with van der Waals surface area (Å²) in [4.78, 5) is 2.03. The van der Waals surface area contributed by atoms with Crippen molar-refractivity contribution in [1.29, 1.82) is 0 Å². The summed E-state index contributed by atoms with van der Waals surface area (Å²) < 4.78 is 0. The first kappa shape index (κ1) is 10.9. The lowest BCUT2D eigenvalue weighted by Crippen LogP contribution is -2.28. The first-order valence-corrected chi connectivity index (χ1v) is 4.94. The number of anilines is 1. The van der Waals surface area contributed by atoms with Crippen LogP contribution in [0, 0.1) is 6.92 Å². The molecule has 0 unspecified atom stereocenters. The largest absolute Gasteiger partial charge is 0.395 e. The number of hydrogen-bond donors (Lipinski definition) is 1. The van der Waals surface area contributed by atoms with E-state index >= 15 is 0 Å². The lowest BCUT2D eigenvalue weighted by atomic mass is 10.3. The summed E-state index contributed by atoms with van der Waals surface area (Å²) in [5, 5.41) is 17.0. The van der Waals surface area contributed by atoms with Gasteiger partial charge in [0.25, 0.3) is 0 Å². The van der Waals surface area contributed by atoms with Gasteiger partial charge in [-0.05, 0) is 25.5 Å². The van der Waals surface area contributed by atoms with Gasteiger partial charge in [-0.2, -0.15) is 5.10 Å². The SMILES string of the molecule is CCCN(CCO)c1ccc(C)nn1. The molecule has 78 valence electrons. The summed E-state index contributed by atoms with van der Waals surface area (Å²) in [6.07, 6.45) is 1.04. The molecule has 0 spiro atoms. The first-order chi connectivity index (χ1) is 6.77. The zero-order chi connectivity index (χ0) is 10.4. The summed E-state index contributed by atoms with van der Waals surface area (Å²) in [6, 6.07) is 3.87. The van der Waals surface area contributed by atoms with Crippen LogP contribution in [0.1, 0.15) is 19.0 Å². The van der Waals surface area contributed by atoms with Gasteiger partial charge in [-0.25, -0.2) is 0 Å². The Balaban J connectivity index is 2.71. The van der Waals surface area contributed by atoms with Crippen LogP contribution >= 0.6 is 0 Å². The van der Waals surface area contributed by atoms with Crippen molar-refractivity contribution >= 4 is 5.82 Å². The summed E-state index contributed by atoms with van der Waals surface area (Å²) in [7, 11) is 0. The Morgan fingerprint density at radius 1 is 1.29 bits per heavy atom. The predicted molar refractivity (Wildman–Crippen MR) is 56.4 cm³/mol. The fourth-order valence-electron chi connectivity index (χ4n) is 1.29. The standard InChI is InChI=1S/C10H17N3O/c1-3-6-13(7-8-14)10-5-4-9(2)11-12-10/h4-5,14H,3,6-8H2,1-2H3. The quantitative estimate of drug-likeness (QED) is 0.761. The van der Waals surface area contributed by atoms with Crippen LogP contribution in [0.15, 0.2) is 12.1 Å². The maximum absolute atomic E-state index is 8.89. The second-order valence-electron chi connectivity index (χ2n) is 3.24. The Kier molecular flexibility index (Phi) is 4.32. The van der Waals surface area contributed by atoms with E-state index in [2.05, 4.69) is 17.1 Å². The van der Waals surface area contributed by atoms with Gasteiger partial charge in [-0.1, -0.05) is 6.92 Å². The van der Waals surface area contributed by atoms with Gasteiger partial charge in [0.15, 0.2) is 5.82 Å². The van der Waals surface area contributed by atoms with E-state index in [1.807, 2.05) is 24.0 Å². The molecule has 0 aromatic carbocycles. The molecule has 1 aromatic heterocycles. The van der Waals surface area contributed by atoms with Crippen molar-refractivity contribution in [1.82, 2.24) is 10.2 Å². The zero-order valence-electron chi connectivity index (χ0n) is 8.77. The van der Waals surface area contributed by atoms with Gasteiger partial charge in [0, 0.05) is 13.1 Å². The second kappa shape index (κ2) is 5.54. The number of hydrogen-bond acceptors (Lipinski definition) is 4. The molecule has 0 aliphatic heterocycles. The number of aromatic nitrogens is 2. The maximum Gasteiger partial charge on any atom is 0.151 e. The van der Waals surface area contributed by atoms with Crippen molar-refractivity contribution in [2.75, 3.05) is 24.6 Å². The van der Waals surface area contributed by atoms with Crippen LogP contribution in [0.3, 0.4) is 0 Å². The molecule has 0 amide bonds. The molecule has 0 saturated heterocycles. The second-order valence-corrected chi connectivity index (χ2v) is 3.24. The Hall–Kier alpha value is -1.16. The molecule has 0 fully saturated rings. The van der Waals surface area contributed by atoms with Crippen LogP contribution in [0.2, 0.25) is 0 Å². The molecular weight excluding hydrogens is 178 g/mol. The van der Waals surface area contributed by atoms with Gasteiger partial charge in [-0.3, -0.25) is 0 Å². The molecule has 0 radical (unpaired) electrons. The first-order valence-electron chi connectivity index (χ1n) is 4.94. The molecule has 4 heteroatoms. The molecule has 14 heavy (non-hydrogen) atoms. The number of rotatable bonds is 5. The molecule has 4 nitrogen and oxygen atoms in total. The molecule has 0 aliphatic carbocycles. The maximum atomic E-state index is 8.89. The third kappa shape index (κ3) is 2.96. The molecule has 0 bridgehead atoms. The number of nitrogens with zero attached hydrogens (tertiary/aromatic N) is 3. The highest BCUT2D eigenvalue weighted by molar-refractivity contribution is 5.36. The minimum absolute atomic E-state index is 0.148. The van der Waals surface area contributed by atoms with Crippen LogP contribution in [0.25, 0.3) is 0 Å². The summed E-state index contributed by atoms with van der Waals surface area (Å²) in [6.45, 7) is 5.68. The predicted octanol–water partition coefficient (Wildman–Crippen LogP) is 0.994. The number of aliphatic hydroxyl groups excluding tert-OH is 1. The van der Waals surface area contributed by atoms with E-state index in [1.165, 1.54) is 0 Å². The molecule has 0 saturated carbocycles. The lowest BCUT2D eigenvalue weighted by Gasteiger charge is -2.21. The van der Waals surface area contributed by atoms with E-state index in [9.17, 15) is 0 Å². The highest BCUT2D eigenvalue weighted by Gasteiger charge is 2.05. The molecule has 1 N–H and O–H groups in total. The van der Waals surface area contributed by atoms with Gasteiger partial charge < -0.3 is 10.0 Å². The van der Waals surface area contributed by atoms with Crippen molar-refractivity contribution in [3.05, 3.63) is 17.8 Å². The topological polar surface area (TPSA) is 49.2 Å². The minimum Gasteiger partial charge on any atom is -0.395 e. The van der Waals surface area contributed by atoms with E-state index in [1.54, 1.807) is 0 Å². The van der Waals surface area contributed by atoms with Crippen molar-refractivity contribution < 1.29 is 5.11 Å². The third-order valence-corrected chi connectivity index (χ3v) is 1.97. The van der Waals surface area contributed by atoms with Gasteiger partial charge in [0.05, 0.1) is 12.3 Å². The average molecular weight is 195 g/mol. The normalized spacial score (nSPS) is 10.2.